The molecule has 0 saturated carbocycles. The van der Waals surface area contributed by atoms with Gasteiger partial charge in [0.15, 0.2) is 0 Å². The Labute approximate surface area is 85.2 Å². The van der Waals surface area contributed by atoms with Crippen LogP contribution in [0.15, 0.2) is 22.7 Å². The van der Waals surface area contributed by atoms with Crippen LogP contribution in [0.1, 0.15) is 0 Å². The molecule has 0 amide bonds. The van der Waals surface area contributed by atoms with Crippen molar-refractivity contribution in [3.63, 3.8) is 0 Å². The van der Waals surface area contributed by atoms with Crippen LogP contribution in [-0.2, 0) is 0 Å². The fourth-order valence-corrected chi connectivity index (χ4v) is 1.67. The molecule has 11 heavy (non-hydrogen) atoms. The van der Waals surface area contributed by atoms with Gasteiger partial charge >= 0.3 is 85.4 Å². The summed E-state index contributed by atoms with van der Waals surface area (Å²) in [6, 6.07) is 5.12. The summed E-state index contributed by atoms with van der Waals surface area (Å²) in [5, 5.41) is 10.4. The summed E-state index contributed by atoms with van der Waals surface area (Å²) in [5.41, 5.74) is 0.138. The van der Waals surface area contributed by atoms with Gasteiger partial charge in [-0.25, -0.2) is 0 Å². The van der Waals surface area contributed by atoms with Crippen molar-refractivity contribution >= 4 is 47.7 Å². The zero-order chi connectivity index (χ0) is 8.43. The second kappa shape index (κ2) is 3.53. The molecule has 1 aromatic rings. The van der Waals surface area contributed by atoms with Crippen LogP contribution < -0.4 is 3.58 Å². The zero-order valence-electron chi connectivity index (χ0n) is 5.37. The molecule has 0 atom stereocenters. The molecule has 3 radical (unpaired) electrons. The van der Waals surface area contributed by atoms with Gasteiger partial charge in [-0.05, 0) is 0 Å². The van der Waals surface area contributed by atoms with Gasteiger partial charge in [0.1, 0.15) is 0 Å². The molecular weight excluding hydrogens is 317 g/mol. The molecule has 0 fully saturated rings. The molecule has 3 nitrogen and oxygen atoms in total. The van der Waals surface area contributed by atoms with Crippen molar-refractivity contribution in [1.29, 1.82) is 0 Å². The van der Waals surface area contributed by atoms with E-state index in [1.54, 1.807) is 12.1 Å². The summed E-state index contributed by atoms with van der Waals surface area (Å²) < 4.78 is 1.51. The van der Waals surface area contributed by atoms with E-state index < -0.39 is 4.92 Å². The average Bonchev–Trinajstić information content (AvgIpc) is 1.94. The molecule has 0 aromatic heterocycles. The van der Waals surface area contributed by atoms with Gasteiger partial charge in [-0.3, -0.25) is 0 Å². The summed E-state index contributed by atoms with van der Waals surface area (Å²) >= 11 is 4.28. The third-order valence-electron chi connectivity index (χ3n) is 1.14. The Hall–Kier alpha value is -0.101. The van der Waals surface area contributed by atoms with Crippen molar-refractivity contribution in [3.8, 4) is 0 Å². The van der Waals surface area contributed by atoms with Crippen LogP contribution in [0, 0.1) is 10.1 Å². The Morgan fingerprint density at radius 3 is 2.64 bits per heavy atom. The monoisotopic (exact) mass is 320 g/mol. The van der Waals surface area contributed by atoms with Crippen LogP contribution in [0.2, 0.25) is 0 Å². The second-order valence-corrected chi connectivity index (χ2v) is 4.43. The minimum absolute atomic E-state index is 0.138. The molecule has 0 aliphatic carbocycles. The van der Waals surface area contributed by atoms with Crippen LogP contribution in [0.4, 0.5) is 5.69 Å². The standard InChI is InChI=1S/C6H3BrNO2.Sn/c7-5-3-1-2-4-6(5)8(9)10;/h1,3-4H;. The SMILES string of the molecule is O=[N+]([O-])c1c[c]([Sn])ccc1Br. The topological polar surface area (TPSA) is 43.1 Å². The number of rotatable bonds is 1. The van der Waals surface area contributed by atoms with E-state index in [9.17, 15) is 10.1 Å². The Morgan fingerprint density at radius 1 is 1.55 bits per heavy atom. The number of hydrogen-bond acceptors (Lipinski definition) is 2. The first-order valence-electron chi connectivity index (χ1n) is 2.77. The maximum absolute atomic E-state index is 10.4. The predicted octanol–water partition coefficient (Wildman–Crippen LogP) is 1.15. The van der Waals surface area contributed by atoms with Crippen molar-refractivity contribution in [2.45, 2.75) is 0 Å². The average molecular weight is 320 g/mol. The third kappa shape index (κ3) is 2.16. The van der Waals surface area contributed by atoms with E-state index in [4.69, 9.17) is 0 Å². The van der Waals surface area contributed by atoms with Crippen molar-refractivity contribution in [1.82, 2.24) is 0 Å². The number of nitro groups is 1. The Bertz CT molecular complexity index is 303. The van der Waals surface area contributed by atoms with Crippen LogP contribution in [0.3, 0.4) is 0 Å². The summed E-state index contributed by atoms with van der Waals surface area (Å²) in [5.74, 6) is 0. The predicted molar refractivity (Wildman–Crippen MR) is 46.2 cm³/mol. The molecule has 5 heteroatoms. The van der Waals surface area contributed by atoms with E-state index in [-0.39, 0.29) is 5.69 Å². The van der Waals surface area contributed by atoms with Gasteiger partial charge in [0.05, 0.1) is 0 Å². The van der Waals surface area contributed by atoms with Gasteiger partial charge in [-0.1, -0.05) is 0 Å². The Kier molecular flexibility index (Phi) is 2.89. The Morgan fingerprint density at radius 2 is 2.18 bits per heavy atom. The van der Waals surface area contributed by atoms with Crippen molar-refractivity contribution in [3.05, 3.63) is 32.8 Å². The van der Waals surface area contributed by atoms with E-state index in [1.165, 1.54) is 22.5 Å². The quantitative estimate of drug-likeness (QED) is 0.443. The van der Waals surface area contributed by atoms with Gasteiger partial charge in [0, 0.05) is 0 Å². The van der Waals surface area contributed by atoms with Gasteiger partial charge in [-0.2, -0.15) is 0 Å². The summed E-state index contributed by atoms with van der Waals surface area (Å²) in [6.45, 7) is 0. The van der Waals surface area contributed by atoms with Crippen molar-refractivity contribution < 1.29 is 4.92 Å². The third-order valence-corrected chi connectivity index (χ3v) is 2.70. The fourth-order valence-electron chi connectivity index (χ4n) is 0.653. The molecule has 0 unspecified atom stereocenters. The molecule has 1 aromatic carbocycles. The molecule has 0 spiro atoms. The van der Waals surface area contributed by atoms with Crippen LogP contribution in [0.25, 0.3) is 0 Å². The molecule has 0 aliphatic heterocycles. The van der Waals surface area contributed by atoms with Crippen molar-refractivity contribution in [2.24, 2.45) is 0 Å². The molecule has 0 N–H and O–H groups in total. The molecule has 0 saturated heterocycles. The van der Waals surface area contributed by atoms with E-state index in [0.29, 0.717) is 4.47 Å². The normalized spacial score (nSPS) is 9.64. The van der Waals surface area contributed by atoms with Gasteiger partial charge in [0.2, 0.25) is 0 Å². The number of nitro benzene ring substituents is 1. The summed E-state index contributed by atoms with van der Waals surface area (Å²) in [4.78, 5) is 9.97. The van der Waals surface area contributed by atoms with E-state index in [0.717, 1.165) is 3.58 Å². The first kappa shape index (κ1) is 8.99. The van der Waals surface area contributed by atoms with Crippen LogP contribution in [-0.4, -0.2) is 27.4 Å². The van der Waals surface area contributed by atoms with Gasteiger partial charge in [0.25, 0.3) is 0 Å². The molecule has 0 bridgehead atoms. The molecule has 0 aliphatic rings. The van der Waals surface area contributed by atoms with Gasteiger partial charge < -0.3 is 0 Å². The van der Waals surface area contributed by atoms with Crippen LogP contribution in [0.5, 0.6) is 0 Å². The van der Waals surface area contributed by atoms with Crippen LogP contribution >= 0.6 is 15.9 Å². The number of halogens is 1. The van der Waals surface area contributed by atoms with Gasteiger partial charge in [-0.15, -0.1) is 0 Å². The zero-order valence-corrected chi connectivity index (χ0v) is 9.81. The summed E-state index contributed by atoms with van der Waals surface area (Å²) in [6.07, 6.45) is 0. The van der Waals surface area contributed by atoms with E-state index in [2.05, 4.69) is 15.9 Å². The van der Waals surface area contributed by atoms with E-state index in [1.807, 2.05) is 6.07 Å². The number of hydrogen-bond donors (Lipinski definition) is 0. The van der Waals surface area contributed by atoms with E-state index >= 15 is 0 Å². The molecular formula is C6H3BrNO2Sn. The summed E-state index contributed by atoms with van der Waals surface area (Å²) in [7, 11) is 0. The maximum atomic E-state index is 10.4. The molecule has 1 rings (SSSR count). The first-order valence-corrected chi connectivity index (χ1v) is 4.99. The number of benzene rings is 1. The fraction of sp³-hybridized carbons (Fsp3) is 0. The second-order valence-electron chi connectivity index (χ2n) is 1.92. The van der Waals surface area contributed by atoms with Crippen molar-refractivity contribution in [2.75, 3.05) is 0 Å². The minimum atomic E-state index is -0.391. The first-order chi connectivity index (χ1) is 5.11. The molecule has 55 valence electrons. The number of nitrogens with zero attached hydrogens (tertiary/aromatic N) is 1. The Balaban J connectivity index is 3.23. The molecule has 0 heterocycles.